The van der Waals surface area contributed by atoms with Gasteiger partial charge >= 0.3 is 18.1 Å². The van der Waals surface area contributed by atoms with Crippen molar-refractivity contribution in [2.24, 2.45) is 0 Å². The van der Waals surface area contributed by atoms with Crippen LogP contribution in [0.15, 0.2) is 89.9 Å². The number of benzene rings is 3. The molecule has 0 unspecified atom stereocenters. The van der Waals surface area contributed by atoms with E-state index in [4.69, 9.17) is 4.74 Å². The van der Waals surface area contributed by atoms with E-state index in [9.17, 15) is 24.3 Å². The standard InChI is InChI=1S/C32H28BrN3O6/c1-2-15-34-29(39)32(36(30(34)40)17-20-11-13-21(33)14-12-20)16-27(28(37)38)35(19-32)31(41)42-18-26-24-9-5-3-7-22(24)23-8-4-6-10-25(23)26/h2-14,26-27H,1,15-19H2,(H,37,38)/t27-,32+/m0/s1. The van der Waals surface area contributed by atoms with E-state index in [1.807, 2.05) is 72.8 Å². The predicted octanol–water partition coefficient (Wildman–Crippen LogP) is 5.25. The molecule has 2 heterocycles. The molecule has 2 atom stereocenters. The highest BCUT2D eigenvalue weighted by molar-refractivity contribution is 9.10. The van der Waals surface area contributed by atoms with Crippen molar-refractivity contribution in [2.45, 2.75) is 30.5 Å². The summed E-state index contributed by atoms with van der Waals surface area (Å²) in [5.41, 5.74) is 3.39. The number of nitrogens with zero attached hydrogens (tertiary/aromatic N) is 3. The molecule has 9 nitrogen and oxygen atoms in total. The molecular weight excluding hydrogens is 602 g/mol. The second kappa shape index (κ2) is 10.8. The van der Waals surface area contributed by atoms with E-state index in [2.05, 4.69) is 22.5 Å². The average molecular weight is 630 g/mol. The van der Waals surface area contributed by atoms with E-state index in [1.54, 1.807) is 0 Å². The number of urea groups is 1. The minimum absolute atomic E-state index is 0.000766. The zero-order chi connectivity index (χ0) is 29.6. The number of carboxylic acid groups (broad SMARTS) is 1. The highest BCUT2D eigenvalue weighted by Gasteiger charge is 2.64. The number of carbonyl (C=O) groups excluding carboxylic acids is 3. The molecular formula is C32H28BrN3O6. The van der Waals surface area contributed by atoms with Crippen LogP contribution in [0.1, 0.15) is 29.0 Å². The number of aliphatic carboxylic acids is 1. The molecule has 6 rings (SSSR count). The molecule has 3 aromatic carbocycles. The predicted molar refractivity (Wildman–Crippen MR) is 158 cm³/mol. The summed E-state index contributed by atoms with van der Waals surface area (Å²) < 4.78 is 6.64. The third kappa shape index (κ3) is 4.46. The Labute approximate surface area is 251 Å². The lowest BCUT2D eigenvalue weighted by molar-refractivity contribution is -0.141. The molecule has 1 N–H and O–H groups in total. The molecule has 1 spiro atoms. The summed E-state index contributed by atoms with van der Waals surface area (Å²) in [7, 11) is 0. The highest BCUT2D eigenvalue weighted by Crippen LogP contribution is 2.45. The summed E-state index contributed by atoms with van der Waals surface area (Å²) >= 11 is 3.40. The lowest BCUT2D eigenvalue weighted by Crippen LogP contribution is -2.52. The van der Waals surface area contributed by atoms with Gasteiger partial charge in [0.25, 0.3) is 5.91 Å². The van der Waals surface area contributed by atoms with E-state index in [-0.39, 0.29) is 38.6 Å². The number of carbonyl (C=O) groups is 4. The normalized spacial score (nSPS) is 21.2. The molecule has 4 amide bonds. The first-order valence-corrected chi connectivity index (χ1v) is 14.4. The van der Waals surface area contributed by atoms with Gasteiger partial charge in [-0.3, -0.25) is 14.6 Å². The monoisotopic (exact) mass is 629 g/mol. The van der Waals surface area contributed by atoms with Gasteiger partial charge in [0, 0.05) is 29.9 Å². The Morgan fingerprint density at radius 2 is 1.62 bits per heavy atom. The van der Waals surface area contributed by atoms with Crippen molar-refractivity contribution in [1.82, 2.24) is 14.7 Å². The Bertz CT molecular complexity index is 1560. The third-order valence-corrected chi connectivity index (χ3v) is 8.91. The summed E-state index contributed by atoms with van der Waals surface area (Å²) in [4.78, 5) is 56.8. The van der Waals surface area contributed by atoms with Crippen LogP contribution < -0.4 is 0 Å². The van der Waals surface area contributed by atoms with Crippen molar-refractivity contribution in [3.63, 3.8) is 0 Å². The van der Waals surface area contributed by atoms with E-state index >= 15 is 0 Å². The zero-order valence-corrected chi connectivity index (χ0v) is 24.2. The maximum absolute atomic E-state index is 13.8. The van der Waals surface area contributed by atoms with Gasteiger partial charge in [-0.05, 0) is 39.9 Å². The molecule has 2 saturated heterocycles. The molecule has 2 aliphatic heterocycles. The maximum atomic E-state index is 13.8. The molecule has 3 aromatic rings. The van der Waals surface area contributed by atoms with Crippen LogP contribution >= 0.6 is 15.9 Å². The van der Waals surface area contributed by atoms with Gasteiger partial charge in [-0.2, -0.15) is 0 Å². The van der Waals surface area contributed by atoms with Crippen LogP contribution in [0.4, 0.5) is 9.59 Å². The molecule has 42 heavy (non-hydrogen) atoms. The van der Waals surface area contributed by atoms with Gasteiger partial charge in [0.05, 0.1) is 6.54 Å². The third-order valence-electron chi connectivity index (χ3n) is 8.38. The SMILES string of the molecule is C=CCN1C(=O)N(Cc2ccc(Br)cc2)[C@@]2(C[C@@H](C(=O)O)N(C(=O)OCC3c4ccccc4-c4ccccc43)C2)C1=O. The van der Waals surface area contributed by atoms with Crippen LogP contribution in [0.25, 0.3) is 11.1 Å². The Balaban J connectivity index is 1.28. The topological polar surface area (TPSA) is 107 Å². The van der Waals surface area contributed by atoms with Crippen molar-refractivity contribution < 1.29 is 29.0 Å². The van der Waals surface area contributed by atoms with E-state index in [0.29, 0.717) is 0 Å². The number of imide groups is 1. The summed E-state index contributed by atoms with van der Waals surface area (Å²) in [6, 6.07) is 21.2. The van der Waals surface area contributed by atoms with Crippen LogP contribution in [0, 0.1) is 0 Å². The van der Waals surface area contributed by atoms with Crippen LogP contribution in [0.2, 0.25) is 0 Å². The van der Waals surface area contributed by atoms with Crippen molar-refractivity contribution in [2.75, 3.05) is 19.7 Å². The van der Waals surface area contributed by atoms with Crippen molar-refractivity contribution in [3.8, 4) is 11.1 Å². The molecule has 0 radical (unpaired) electrons. The van der Waals surface area contributed by atoms with E-state index in [0.717, 1.165) is 42.1 Å². The van der Waals surface area contributed by atoms with Crippen LogP contribution in [-0.4, -0.2) is 75.1 Å². The second-order valence-corrected chi connectivity index (χ2v) is 11.6. The lowest BCUT2D eigenvalue weighted by Gasteiger charge is -2.31. The van der Waals surface area contributed by atoms with Crippen molar-refractivity contribution >= 4 is 39.9 Å². The van der Waals surface area contributed by atoms with Gasteiger partial charge < -0.3 is 14.7 Å². The summed E-state index contributed by atoms with van der Waals surface area (Å²) in [5, 5.41) is 10.1. The Morgan fingerprint density at radius 3 is 2.21 bits per heavy atom. The minimum atomic E-state index is -1.55. The fraction of sp³-hybridized carbons (Fsp3) is 0.250. The van der Waals surface area contributed by atoms with Gasteiger partial charge in [0.2, 0.25) is 0 Å². The Hall–Kier alpha value is -4.44. The number of halogens is 1. The number of likely N-dealkylation sites (tertiary alicyclic amines) is 1. The first kappa shape index (κ1) is 27.7. The quantitative estimate of drug-likeness (QED) is 0.283. The first-order chi connectivity index (χ1) is 20.2. The fourth-order valence-corrected chi connectivity index (χ4v) is 6.65. The fourth-order valence-electron chi connectivity index (χ4n) is 6.39. The molecule has 3 aliphatic rings. The number of hydrogen-bond acceptors (Lipinski definition) is 5. The number of carboxylic acids is 1. The molecule has 214 valence electrons. The zero-order valence-electron chi connectivity index (χ0n) is 22.6. The maximum Gasteiger partial charge on any atom is 0.410 e. The lowest BCUT2D eigenvalue weighted by atomic mass is 9.93. The number of rotatable bonds is 7. The molecule has 0 bridgehead atoms. The van der Waals surface area contributed by atoms with Gasteiger partial charge in [0.15, 0.2) is 0 Å². The number of fused-ring (bicyclic) bond motifs is 3. The van der Waals surface area contributed by atoms with Crippen LogP contribution in [0.5, 0.6) is 0 Å². The summed E-state index contributed by atoms with van der Waals surface area (Å²) in [5.74, 6) is -2.04. The smallest absolute Gasteiger partial charge is 0.410 e. The van der Waals surface area contributed by atoms with Gasteiger partial charge in [-0.1, -0.05) is 82.7 Å². The van der Waals surface area contributed by atoms with Gasteiger partial charge in [-0.15, -0.1) is 6.58 Å². The van der Waals surface area contributed by atoms with Crippen LogP contribution in [0.3, 0.4) is 0 Å². The van der Waals surface area contributed by atoms with Gasteiger partial charge in [0.1, 0.15) is 18.2 Å². The summed E-state index contributed by atoms with van der Waals surface area (Å²) in [6.45, 7) is 3.40. The molecule has 2 fully saturated rings. The Kier molecular flexibility index (Phi) is 7.10. The first-order valence-electron chi connectivity index (χ1n) is 13.6. The minimum Gasteiger partial charge on any atom is -0.480 e. The van der Waals surface area contributed by atoms with E-state index in [1.165, 1.54) is 11.0 Å². The van der Waals surface area contributed by atoms with Crippen molar-refractivity contribution in [1.29, 1.82) is 0 Å². The molecule has 0 aromatic heterocycles. The largest absolute Gasteiger partial charge is 0.480 e. The van der Waals surface area contributed by atoms with Crippen LogP contribution in [-0.2, 0) is 20.9 Å². The Morgan fingerprint density at radius 1 is 1.00 bits per heavy atom. The number of amides is 4. The van der Waals surface area contributed by atoms with Crippen molar-refractivity contribution in [3.05, 3.63) is 107 Å². The van der Waals surface area contributed by atoms with E-state index < -0.39 is 35.6 Å². The summed E-state index contributed by atoms with van der Waals surface area (Å²) in [6.07, 6.45) is 0.355. The number of ether oxygens (including phenoxy) is 1. The average Bonchev–Trinajstić information content (AvgIpc) is 3.61. The molecule has 10 heteroatoms. The molecule has 0 saturated carbocycles. The molecule has 1 aliphatic carbocycles. The van der Waals surface area contributed by atoms with Gasteiger partial charge in [-0.25, -0.2) is 14.4 Å². The number of hydrogen-bond donors (Lipinski definition) is 1. The highest BCUT2D eigenvalue weighted by atomic mass is 79.9. The second-order valence-electron chi connectivity index (χ2n) is 10.7.